The van der Waals surface area contributed by atoms with E-state index in [1.807, 2.05) is 50.2 Å². The van der Waals surface area contributed by atoms with E-state index < -0.39 is 24.3 Å². The lowest BCUT2D eigenvalue weighted by Crippen LogP contribution is -2.45. The Morgan fingerprint density at radius 1 is 1.04 bits per heavy atom. The van der Waals surface area contributed by atoms with Crippen molar-refractivity contribution in [1.29, 1.82) is 0 Å². The van der Waals surface area contributed by atoms with Crippen LogP contribution in [0.1, 0.15) is 49.1 Å². The Kier molecular flexibility index (Phi) is 13.5. The van der Waals surface area contributed by atoms with E-state index in [2.05, 4.69) is 43.7 Å². The van der Waals surface area contributed by atoms with Gasteiger partial charge in [0.15, 0.2) is 29.2 Å². The highest BCUT2D eigenvalue weighted by atomic mass is 79.9. The number of benzene rings is 3. The van der Waals surface area contributed by atoms with Gasteiger partial charge in [0.2, 0.25) is 0 Å². The number of methoxy groups -OCH3 is 1. The lowest BCUT2D eigenvalue weighted by molar-refractivity contribution is -0.136. The van der Waals surface area contributed by atoms with E-state index in [-0.39, 0.29) is 12.2 Å². The van der Waals surface area contributed by atoms with Gasteiger partial charge in [-0.3, -0.25) is 5.43 Å². The first-order valence-corrected chi connectivity index (χ1v) is 16.5. The molecular weight excluding hydrogens is 696 g/mol. The van der Waals surface area contributed by atoms with Gasteiger partial charge in [-0.25, -0.2) is 9.59 Å². The SMILES string of the molecule is C=CCc1cc(/C=N\N[C@H](O)COc2ccc([C@@H]3NC(=O)NC(C)=C3C(=O)OC)cc2OCC)cc(OCC)c1OCc1ccc(Br)cc1. The maximum absolute atomic E-state index is 12.5. The molecule has 12 nitrogen and oxygen atoms in total. The van der Waals surface area contributed by atoms with Crippen LogP contribution in [0.15, 0.2) is 88.1 Å². The molecule has 0 aromatic heterocycles. The average molecular weight is 738 g/mol. The summed E-state index contributed by atoms with van der Waals surface area (Å²) in [5, 5.41) is 20.2. The Morgan fingerprint density at radius 3 is 2.47 bits per heavy atom. The van der Waals surface area contributed by atoms with Gasteiger partial charge in [-0.1, -0.05) is 40.2 Å². The normalized spacial score (nSPS) is 14.8. The summed E-state index contributed by atoms with van der Waals surface area (Å²) in [6.07, 6.45) is 2.74. The van der Waals surface area contributed by atoms with E-state index in [0.717, 1.165) is 21.2 Å². The minimum absolute atomic E-state index is 0.165. The number of aliphatic hydroxyl groups excluding tert-OH is 1. The molecule has 3 aromatic rings. The molecule has 0 radical (unpaired) electrons. The number of aliphatic hydroxyl groups is 1. The molecule has 0 unspecified atom stereocenters. The average Bonchev–Trinajstić information content (AvgIpc) is 3.08. The van der Waals surface area contributed by atoms with Crippen molar-refractivity contribution in [3.63, 3.8) is 0 Å². The molecule has 2 amide bonds. The van der Waals surface area contributed by atoms with Crippen molar-refractivity contribution in [3.05, 3.63) is 105 Å². The minimum Gasteiger partial charge on any atom is -0.490 e. The van der Waals surface area contributed by atoms with Crippen LogP contribution >= 0.6 is 15.9 Å². The molecule has 1 aliphatic rings. The van der Waals surface area contributed by atoms with E-state index in [9.17, 15) is 14.7 Å². The van der Waals surface area contributed by atoms with E-state index >= 15 is 0 Å². The molecule has 0 saturated carbocycles. The van der Waals surface area contributed by atoms with Crippen LogP contribution in [-0.4, -0.2) is 56.5 Å². The van der Waals surface area contributed by atoms with Gasteiger partial charge in [0, 0.05) is 15.7 Å². The summed E-state index contributed by atoms with van der Waals surface area (Å²) >= 11 is 3.45. The summed E-state index contributed by atoms with van der Waals surface area (Å²) in [5.74, 6) is 1.35. The molecule has 0 saturated heterocycles. The number of carbonyl (C=O) groups excluding carboxylic acids is 2. The Balaban J connectivity index is 1.44. The smallest absolute Gasteiger partial charge is 0.337 e. The third kappa shape index (κ3) is 10.00. The van der Waals surface area contributed by atoms with Crippen LogP contribution in [0.3, 0.4) is 0 Å². The topological polar surface area (TPSA) is 149 Å². The molecule has 4 N–H and O–H groups in total. The number of hydrogen-bond acceptors (Lipinski definition) is 10. The van der Waals surface area contributed by atoms with Crippen molar-refractivity contribution in [2.45, 2.75) is 46.1 Å². The van der Waals surface area contributed by atoms with Gasteiger partial charge in [-0.15, -0.1) is 6.58 Å². The molecule has 2 atom stereocenters. The van der Waals surface area contributed by atoms with E-state index in [1.165, 1.54) is 7.11 Å². The van der Waals surface area contributed by atoms with E-state index in [1.54, 1.807) is 37.4 Å². The number of ether oxygens (including phenoxy) is 5. The van der Waals surface area contributed by atoms with Gasteiger partial charge in [0.05, 0.1) is 38.2 Å². The quantitative estimate of drug-likeness (QED) is 0.0452. The highest BCUT2D eigenvalue weighted by Gasteiger charge is 2.32. The summed E-state index contributed by atoms with van der Waals surface area (Å²) in [4.78, 5) is 24.7. The molecule has 0 spiro atoms. The number of nitrogens with one attached hydrogen (secondary N) is 3. The predicted octanol–water partition coefficient (Wildman–Crippen LogP) is 5.68. The second kappa shape index (κ2) is 17.9. The van der Waals surface area contributed by atoms with Gasteiger partial charge in [0.25, 0.3) is 0 Å². The number of hydrazone groups is 1. The summed E-state index contributed by atoms with van der Waals surface area (Å²) in [6, 6.07) is 15.5. The van der Waals surface area contributed by atoms with Crippen LogP contribution in [0.25, 0.3) is 0 Å². The lowest BCUT2D eigenvalue weighted by atomic mass is 9.95. The maximum atomic E-state index is 12.5. The Morgan fingerprint density at radius 2 is 1.78 bits per heavy atom. The number of carbonyl (C=O) groups is 2. The van der Waals surface area contributed by atoms with Crippen LogP contribution in [0, 0.1) is 0 Å². The Bertz CT molecular complexity index is 1690. The maximum Gasteiger partial charge on any atom is 0.337 e. The largest absolute Gasteiger partial charge is 0.490 e. The third-order valence-electron chi connectivity index (χ3n) is 7.22. The van der Waals surface area contributed by atoms with Gasteiger partial charge < -0.3 is 39.4 Å². The van der Waals surface area contributed by atoms with Crippen LogP contribution in [0.2, 0.25) is 0 Å². The number of nitrogens with zero attached hydrogens (tertiary/aromatic N) is 1. The number of hydrogen-bond donors (Lipinski definition) is 4. The molecule has 49 heavy (non-hydrogen) atoms. The van der Waals surface area contributed by atoms with Crippen molar-refractivity contribution in [2.75, 3.05) is 26.9 Å². The number of halogens is 1. The zero-order valence-electron chi connectivity index (χ0n) is 27.9. The zero-order chi connectivity index (χ0) is 35.3. The molecule has 13 heteroatoms. The number of urea groups is 1. The zero-order valence-corrected chi connectivity index (χ0v) is 29.5. The van der Waals surface area contributed by atoms with Crippen LogP contribution in [0.4, 0.5) is 4.79 Å². The lowest BCUT2D eigenvalue weighted by Gasteiger charge is -2.28. The highest BCUT2D eigenvalue weighted by molar-refractivity contribution is 9.10. The summed E-state index contributed by atoms with van der Waals surface area (Å²) in [7, 11) is 1.28. The van der Waals surface area contributed by atoms with Gasteiger partial charge >= 0.3 is 12.0 Å². The van der Waals surface area contributed by atoms with Crippen molar-refractivity contribution in [3.8, 4) is 23.0 Å². The highest BCUT2D eigenvalue weighted by Crippen LogP contribution is 2.36. The first kappa shape index (κ1) is 36.8. The van der Waals surface area contributed by atoms with Crippen LogP contribution in [-0.2, 0) is 22.6 Å². The third-order valence-corrected chi connectivity index (χ3v) is 7.75. The number of esters is 1. The molecule has 0 aliphatic carbocycles. The molecular formula is C36H41BrN4O8. The first-order chi connectivity index (χ1) is 23.7. The van der Waals surface area contributed by atoms with Crippen LogP contribution < -0.4 is 35.0 Å². The van der Waals surface area contributed by atoms with E-state index in [0.29, 0.717) is 60.5 Å². The van der Waals surface area contributed by atoms with Crippen molar-refractivity contribution in [1.82, 2.24) is 16.1 Å². The fourth-order valence-electron chi connectivity index (χ4n) is 5.05. The van der Waals surface area contributed by atoms with Crippen molar-refractivity contribution in [2.24, 2.45) is 5.10 Å². The second-order valence-electron chi connectivity index (χ2n) is 10.8. The Labute approximate surface area is 294 Å². The molecule has 3 aromatic carbocycles. The van der Waals surface area contributed by atoms with Crippen LogP contribution in [0.5, 0.6) is 23.0 Å². The number of allylic oxidation sites excluding steroid dienone is 2. The Hall–Kier alpha value is -5.01. The van der Waals surface area contributed by atoms with Crippen molar-refractivity contribution < 1.29 is 38.4 Å². The van der Waals surface area contributed by atoms with Crippen molar-refractivity contribution >= 4 is 34.1 Å². The molecule has 0 fully saturated rings. The fourth-order valence-corrected chi connectivity index (χ4v) is 5.31. The molecule has 260 valence electrons. The van der Waals surface area contributed by atoms with Gasteiger partial charge in [0.1, 0.15) is 13.2 Å². The summed E-state index contributed by atoms with van der Waals surface area (Å²) in [5.41, 5.74) is 6.53. The van der Waals surface area contributed by atoms with Gasteiger partial charge in [-0.05, 0) is 80.3 Å². The fraction of sp³-hybridized carbons (Fsp3) is 0.306. The predicted molar refractivity (Wildman–Crippen MR) is 189 cm³/mol. The molecule has 4 rings (SSSR count). The number of amides is 2. The summed E-state index contributed by atoms with van der Waals surface area (Å²) < 4.78 is 29.7. The number of rotatable bonds is 17. The van der Waals surface area contributed by atoms with Gasteiger partial charge in [-0.2, -0.15) is 5.10 Å². The van der Waals surface area contributed by atoms with E-state index in [4.69, 9.17) is 23.7 Å². The second-order valence-corrected chi connectivity index (χ2v) is 11.7. The standard InChI is InChI=1S/C36H41BrN4O8/c1-6-9-26-16-24(17-30(47-8-3)34(26)49-20-23-10-13-27(37)14-11-23)19-38-41-31(42)21-48-28-15-12-25(18-29(28)46-7-2)33-32(35(43)45-5)22(4)39-36(44)40-33/h6,10-19,31,33,41-42H,1,7-9,20-21H2,2-5H3,(H2,39,40,44)/b38-19-/t31-,33+/m1/s1. The minimum atomic E-state index is -1.17. The first-order valence-electron chi connectivity index (χ1n) is 15.7. The molecule has 1 heterocycles. The monoisotopic (exact) mass is 736 g/mol. The molecule has 1 aliphatic heterocycles. The molecule has 0 bridgehead atoms. The summed E-state index contributed by atoms with van der Waals surface area (Å²) in [6.45, 7) is 10.2.